The molecule has 2 fully saturated rings. The summed E-state index contributed by atoms with van der Waals surface area (Å²) in [5.41, 5.74) is -0.0346. The molecule has 5 heteroatoms. The van der Waals surface area contributed by atoms with Crippen LogP contribution in [0.2, 0.25) is 5.02 Å². The molecule has 2 aliphatic carbocycles. The summed E-state index contributed by atoms with van der Waals surface area (Å²) in [6.45, 7) is 0.502. The van der Waals surface area contributed by atoms with Crippen LogP contribution in [0.3, 0.4) is 0 Å². The lowest BCUT2D eigenvalue weighted by atomic mass is 9.95. The summed E-state index contributed by atoms with van der Waals surface area (Å²) in [4.78, 5) is 23.1. The molecule has 0 aromatic heterocycles. The van der Waals surface area contributed by atoms with Crippen LogP contribution < -0.4 is 5.32 Å². The molecule has 3 rings (SSSR count). The molecular weight excluding hydrogens is 278 g/mol. The lowest BCUT2D eigenvalue weighted by Crippen LogP contribution is -2.40. The molecule has 1 amide bonds. The minimum absolute atomic E-state index is 0.0329. The van der Waals surface area contributed by atoms with Gasteiger partial charge in [0.2, 0.25) is 5.91 Å². The quantitative estimate of drug-likeness (QED) is 0.819. The highest BCUT2D eigenvalue weighted by atomic mass is 35.5. The lowest BCUT2D eigenvalue weighted by Gasteiger charge is -2.18. The Morgan fingerprint density at radius 2 is 1.75 bits per heavy atom. The van der Waals surface area contributed by atoms with Crippen LogP contribution in [-0.4, -0.2) is 23.5 Å². The molecule has 0 bridgehead atoms. The predicted octanol–water partition coefficient (Wildman–Crippen LogP) is 2.35. The molecule has 0 saturated heterocycles. The lowest BCUT2D eigenvalue weighted by molar-refractivity contribution is -0.149. The largest absolute Gasteiger partial charge is 0.480 e. The average Bonchev–Trinajstić information content (AvgIpc) is 3.31. The van der Waals surface area contributed by atoms with E-state index in [4.69, 9.17) is 16.7 Å². The number of hydrogen-bond acceptors (Lipinski definition) is 2. The molecule has 0 spiro atoms. The zero-order chi connectivity index (χ0) is 14.4. The van der Waals surface area contributed by atoms with E-state index >= 15 is 0 Å². The average molecular weight is 294 g/mol. The fourth-order valence-corrected chi connectivity index (χ4v) is 2.73. The van der Waals surface area contributed by atoms with Crippen LogP contribution in [0, 0.1) is 5.41 Å². The summed E-state index contributed by atoms with van der Waals surface area (Å²) in [7, 11) is 0. The zero-order valence-electron chi connectivity index (χ0n) is 11.0. The fourth-order valence-electron chi connectivity index (χ4n) is 2.60. The number of carboxylic acids is 1. The normalized spacial score (nSPS) is 21.1. The molecular formula is C15H16ClNO3. The third-order valence-corrected chi connectivity index (χ3v) is 4.74. The van der Waals surface area contributed by atoms with Gasteiger partial charge in [0.1, 0.15) is 5.41 Å². The zero-order valence-corrected chi connectivity index (χ0v) is 11.7. The van der Waals surface area contributed by atoms with Crippen LogP contribution in [0.5, 0.6) is 0 Å². The molecule has 2 aliphatic rings. The van der Waals surface area contributed by atoms with E-state index in [0.717, 1.165) is 18.4 Å². The number of benzene rings is 1. The van der Waals surface area contributed by atoms with Crippen molar-refractivity contribution >= 4 is 23.5 Å². The first kappa shape index (κ1) is 13.4. The van der Waals surface area contributed by atoms with E-state index in [0.29, 0.717) is 24.4 Å². The van der Waals surface area contributed by atoms with Crippen molar-refractivity contribution in [2.75, 3.05) is 6.54 Å². The summed E-state index contributed by atoms with van der Waals surface area (Å²) in [5, 5.41) is 12.6. The minimum Gasteiger partial charge on any atom is -0.480 e. The van der Waals surface area contributed by atoms with Crippen LogP contribution in [0.25, 0.3) is 0 Å². The first-order chi connectivity index (χ1) is 9.48. The molecule has 0 radical (unpaired) electrons. The van der Waals surface area contributed by atoms with Crippen LogP contribution in [-0.2, 0) is 15.0 Å². The van der Waals surface area contributed by atoms with Crippen molar-refractivity contribution in [3.63, 3.8) is 0 Å². The standard InChI is InChI=1S/C15H16ClNO3/c16-11-3-1-10(2-4-11)14(5-6-14)9-17-12(18)15(7-8-15)13(19)20/h1-4H,5-9H2,(H,17,18)(H,19,20). The van der Waals surface area contributed by atoms with Gasteiger partial charge in [0, 0.05) is 17.0 Å². The number of carboxylic acid groups (broad SMARTS) is 1. The Labute approximate surface area is 122 Å². The second kappa shape index (κ2) is 4.48. The van der Waals surface area contributed by atoms with Gasteiger partial charge in [-0.25, -0.2) is 0 Å². The van der Waals surface area contributed by atoms with Gasteiger partial charge in [0.15, 0.2) is 0 Å². The highest BCUT2D eigenvalue weighted by Crippen LogP contribution is 2.49. The fraction of sp³-hybridized carbons (Fsp3) is 0.467. The Morgan fingerprint density at radius 1 is 1.15 bits per heavy atom. The Kier molecular flexibility index (Phi) is 3.01. The van der Waals surface area contributed by atoms with E-state index in [1.807, 2.05) is 24.3 Å². The molecule has 1 aromatic rings. The third kappa shape index (κ3) is 2.18. The van der Waals surface area contributed by atoms with Gasteiger partial charge in [-0.3, -0.25) is 9.59 Å². The maximum atomic E-state index is 12.0. The van der Waals surface area contributed by atoms with Crippen LogP contribution in [0.15, 0.2) is 24.3 Å². The predicted molar refractivity (Wildman–Crippen MR) is 74.7 cm³/mol. The van der Waals surface area contributed by atoms with Gasteiger partial charge in [-0.2, -0.15) is 0 Å². The highest BCUT2D eigenvalue weighted by Gasteiger charge is 2.57. The van der Waals surface area contributed by atoms with Crippen LogP contribution in [0.1, 0.15) is 31.2 Å². The van der Waals surface area contributed by atoms with Crippen molar-refractivity contribution < 1.29 is 14.7 Å². The van der Waals surface area contributed by atoms with E-state index in [1.165, 1.54) is 0 Å². The summed E-state index contributed by atoms with van der Waals surface area (Å²) in [6.07, 6.45) is 2.91. The van der Waals surface area contributed by atoms with Crippen molar-refractivity contribution in [2.24, 2.45) is 5.41 Å². The molecule has 2 saturated carbocycles. The molecule has 0 atom stereocenters. The third-order valence-electron chi connectivity index (χ3n) is 4.49. The number of carbonyl (C=O) groups is 2. The SMILES string of the molecule is O=C(O)C1(C(=O)NCC2(c3ccc(Cl)cc3)CC2)CC1. The Hall–Kier alpha value is -1.55. The molecule has 106 valence electrons. The molecule has 4 nitrogen and oxygen atoms in total. The number of halogens is 1. The first-order valence-electron chi connectivity index (χ1n) is 6.76. The van der Waals surface area contributed by atoms with Crippen LogP contribution >= 0.6 is 11.6 Å². The number of carbonyl (C=O) groups excluding carboxylic acids is 1. The van der Waals surface area contributed by atoms with Crippen molar-refractivity contribution in [3.05, 3.63) is 34.9 Å². The number of nitrogens with one attached hydrogen (secondary N) is 1. The van der Waals surface area contributed by atoms with E-state index in [-0.39, 0.29) is 11.3 Å². The van der Waals surface area contributed by atoms with Crippen molar-refractivity contribution in [1.29, 1.82) is 0 Å². The van der Waals surface area contributed by atoms with E-state index < -0.39 is 11.4 Å². The number of hydrogen-bond donors (Lipinski definition) is 2. The summed E-state index contributed by atoms with van der Waals surface area (Å²) in [5.74, 6) is -1.35. The van der Waals surface area contributed by atoms with Gasteiger partial charge in [0.25, 0.3) is 0 Å². The monoisotopic (exact) mass is 293 g/mol. The number of amides is 1. The Balaban J connectivity index is 1.65. The molecule has 2 N–H and O–H groups in total. The number of rotatable bonds is 5. The highest BCUT2D eigenvalue weighted by molar-refractivity contribution is 6.30. The molecule has 20 heavy (non-hydrogen) atoms. The minimum atomic E-state index is -1.16. The van der Waals surface area contributed by atoms with Gasteiger partial charge < -0.3 is 10.4 Å². The van der Waals surface area contributed by atoms with E-state index in [1.54, 1.807) is 0 Å². The van der Waals surface area contributed by atoms with Gasteiger partial charge >= 0.3 is 5.97 Å². The first-order valence-corrected chi connectivity index (χ1v) is 7.14. The van der Waals surface area contributed by atoms with Gasteiger partial charge in [-0.1, -0.05) is 23.7 Å². The smallest absolute Gasteiger partial charge is 0.319 e. The molecule has 0 heterocycles. The summed E-state index contributed by atoms with van der Waals surface area (Å²) >= 11 is 5.88. The van der Waals surface area contributed by atoms with Gasteiger partial charge in [-0.15, -0.1) is 0 Å². The van der Waals surface area contributed by atoms with Crippen molar-refractivity contribution in [1.82, 2.24) is 5.32 Å². The molecule has 0 unspecified atom stereocenters. The number of aliphatic carboxylic acids is 1. The Morgan fingerprint density at radius 3 is 2.20 bits per heavy atom. The molecule has 0 aliphatic heterocycles. The second-order valence-electron chi connectivity index (χ2n) is 5.86. The maximum absolute atomic E-state index is 12.0. The Bertz CT molecular complexity index is 559. The maximum Gasteiger partial charge on any atom is 0.319 e. The van der Waals surface area contributed by atoms with E-state index in [9.17, 15) is 9.59 Å². The summed E-state index contributed by atoms with van der Waals surface area (Å²) in [6, 6.07) is 7.65. The molecule has 1 aromatic carbocycles. The summed E-state index contributed by atoms with van der Waals surface area (Å²) < 4.78 is 0. The van der Waals surface area contributed by atoms with E-state index in [2.05, 4.69) is 5.32 Å². The van der Waals surface area contributed by atoms with Crippen molar-refractivity contribution in [2.45, 2.75) is 31.1 Å². The topological polar surface area (TPSA) is 66.4 Å². The van der Waals surface area contributed by atoms with Gasteiger partial charge in [0.05, 0.1) is 0 Å². The van der Waals surface area contributed by atoms with Gasteiger partial charge in [-0.05, 0) is 43.4 Å². The van der Waals surface area contributed by atoms with Crippen LogP contribution in [0.4, 0.5) is 0 Å². The van der Waals surface area contributed by atoms with Crippen molar-refractivity contribution in [3.8, 4) is 0 Å². The second-order valence-corrected chi connectivity index (χ2v) is 6.29.